The van der Waals surface area contributed by atoms with Crippen molar-refractivity contribution in [3.05, 3.63) is 119 Å². The highest BCUT2D eigenvalue weighted by molar-refractivity contribution is 14.1. The third-order valence-electron chi connectivity index (χ3n) is 6.54. The van der Waals surface area contributed by atoms with Crippen LogP contribution in [0.5, 0.6) is 0 Å². The molecule has 0 atom stereocenters. The zero-order valence-corrected chi connectivity index (χ0v) is 19.9. The van der Waals surface area contributed by atoms with Crippen molar-refractivity contribution in [2.75, 3.05) is 0 Å². The highest BCUT2D eigenvalue weighted by Gasteiger charge is 2.15. The molecule has 156 valence electrons. The summed E-state index contributed by atoms with van der Waals surface area (Å²) in [6, 6.07) is 41.6. The molecule has 2 aromatic heterocycles. The number of halogens is 1. The number of hydrogen-bond acceptors (Lipinski definition) is 0. The maximum absolute atomic E-state index is 2.45. The van der Waals surface area contributed by atoms with Crippen LogP contribution in [0.3, 0.4) is 0 Å². The molecule has 0 N–H and O–H groups in total. The molecule has 0 spiro atoms. The fourth-order valence-corrected chi connectivity index (χ4v) is 5.86. The molecule has 7 rings (SSSR count). The molecule has 7 aromatic rings. The van der Waals surface area contributed by atoms with Crippen LogP contribution in [0.1, 0.15) is 0 Å². The van der Waals surface area contributed by atoms with Gasteiger partial charge in [0, 0.05) is 36.5 Å². The summed E-state index contributed by atoms with van der Waals surface area (Å²) in [6.45, 7) is 0. The summed E-state index contributed by atoms with van der Waals surface area (Å²) in [7, 11) is 0. The maximum Gasteiger partial charge on any atom is 0.0541 e. The molecule has 3 heteroatoms. The molecule has 0 fully saturated rings. The SMILES string of the molecule is Ic1cc(-n2c3ccccc3c3ccccc32)cc(-n2c3ccccc3c3ccccc32)c1. The van der Waals surface area contributed by atoms with Gasteiger partial charge in [-0.1, -0.05) is 72.8 Å². The summed E-state index contributed by atoms with van der Waals surface area (Å²) >= 11 is 2.45. The van der Waals surface area contributed by atoms with Gasteiger partial charge >= 0.3 is 0 Å². The van der Waals surface area contributed by atoms with Crippen LogP contribution in [-0.2, 0) is 0 Å². The average molecular weight is 534 g/mol. The number of benzene rings is 5. The van der Waals surface area contributed by atoms with Gasteiger partial charge in [-0.15, -0.1) is 0 Å². The quantitative estimate of drug-likeness (QED) is 0.197. The van der Waals surface area contributed by atoms with Crippen molar-refractivity contribution in [2.45, 2.75) is 0 Å². The number of aromatic nitrogens is 2. The van der Waals surface area contributed by atoms with E-state index in [4.69, 9.17) is 0 Å². The number of fused-ring (bicyclic) bond motifs is 6. The normalized spacial score (nSPS) is 11.8. The molecule has 0 radical (unpaired) electrons. The van der Waals surface area contributed by atoms with Crippen molar-refractivity contribution >= 4 is 66.2 Å². The minimum Gasteiger partial charge on any atom is -0.309 e. The van der Waals surface area contributed by atoms with Crippen molar-refractivity contribution in [2.24, 2.45) is 0 Å². The average Bonchev–Trinajstić information content (AvgIpc) is 3.37. The van der Waals surface area contributed by atoms with Crippen LogP contribution in [-0.4, -0.2) is 9.13 Å². The van der Waals surface area contributed by atoms with E-state index < -0.39 is 0 Å². The Kier molecular flexibility index (Phi) is 4.15. The predicted molar refractivity (Wildman–Crippen MR) is 148 cm³/mol. The molecule has 0 saturated carbocycles. The van der Waals surface area contributed by atoms with E-state index in [-0.39, 0.29) is 0 Å². The molecule has 2 heterocycles. The second kappa shape index (κ2) is 7.22. The Balaban J connectivity index is 1.58. The van der Waals surface area contributed by atoms with Gasteiger partial charge in [-0.2, -0.15) is 0 Å². The van der Waals surface area contributed by atoms with Gasteiger partial charge < -0.3 is 9.13 Å². The minimum atomic E-state index is 1.18. The fraction of sp³-hybridized carbons (Fsp3) is 0. The molecule has 0 saturated heterocycles. The first-order valence-electron chi connectivity index (χ1n) is 11.1. The van der Waals surface area contributed by atoms with Crippen molar-refractivity contribution in [1.29, 1.82) is 0 Å². The van der Waals surface area contributed by atoms with Crippen molar-refractivity contribution in [1.82, 2.24) is 9.13 Å². The molecular weight excluding hydrogens is 515 g/mol. The van der Waals surface area contributed by atoms with Crippen molar-refractivity contribution in [3.8, 4) is 11.4 Å². The van der Waals surface area contributed by atoms with Crippen LogP contribution in [0.25, 0.3) is 55.0 Å². The molecular formula is C30H19IN2. The summed E-state index contributed by atoms with van der Waals surface area (Å²) < 4.78 is 6.00. The summed E-state index contributed by atoms with van der Waals surface area (Å²) in [5.74, 6) is 0. The van der Waals surface area contributed by atoms with E-state index in [1.165, 1.54) is 58.6 Å². The van der Waals surface area contributed by atoms with E-state index in [1.54, 1.807) is 0 Å². The molecule has 0 aliphatic rings. The molecule has 0 amide bonds. The lowest BCUT2D eigenvalue weighted by atomic mass is 10.2. The smallest absolute Gasteiger partial charge is 0.0541 e. The Morgan fingerprint density at radius 2 is 0.697 bits per heavy atom. The van der Waals surface area contributed by atoms with E-state index in [9.17, 15) is 0 Å². The predicted octanol–water partition coefficient (Wildman–Crippen LogP) is 8.49. The molecule has 0 bridgehead atoms. The summed E-state index contributed by atoms with van der Waals surface area (Å²) in [5.41, 5.74) is 7.28. The van der Waals surface area contributed by atoms with Crippen molar-refractivity contribution in [3.63, 3.8) is 0 Å². The first-order valence-corrected chi connectivity index (χ1v) is 12.2. The van der Waals surface area contributed by atoms with Crippen LogP contribution in [0.4, 0.5) is 0 Å². The maximum atomic E-state index is 2.45. The Labute approximate surface area is 204 Å². The van der Waals surface area contributed by atoms with Crippen LogP contribution in [0, 0.1) is 3.57 Å². The minimum absolute atomic E-state index is 1.18. The van der Waals surface area contributed by atoms with E-state index in [2.05, 4.69) is 147 Å². The third kappa shape index (κ3) is 2.79. The Bertz CT molecular complexity index is 1600. The molecule has 0 aliphatic heterocycles. The van der Waals surface area contributed by atoms with Gasteiger partial charge in [0.2, 0.25) is 0 Å². The van der Waals surface area contributed by atoms with Gasteiger partial charge in [0.15, 0.2) is 0 Å². The molecule has 33 heavy (non-hydrogen) atoms. The van der Waals surface area contributed by atoms with Gasteiger partial charge in [-0.05, 0) is 65.1 Å². The van der Waals surface area contributed by atoms with Gasteiger partial charge in [0.1, 0.15) is 0 Å². The lowest BCUT2D eigenvalue weighted by Crippen LogP contribution is -1.99. The van der Waals surface area contributed by atoms with E-state index in [1.807, 2.05) is 0 Å². The highest BCUT2D eigenvalue weighted by Crippen LogP contribution is 2.36. The number of rotatable bonds is 2. The van der Waals surface area contributed by atoms with Crippen molar-refractivity contribution < 1.29 is 0 Å². The van der Waals surface area contributed by atoms with Crippen LogP contribution in [0.15, 0.2) is 115 Å². The zero-order valence-electron chi connectivity index (χ0n) is 17.7. The Morgan fingerprint density at radius 1 is 0.394 bits per heavy atom. The van der Waals surface area contributed by atoms with Gasteiger partial charge in [0.25, 0.3) is 0 Å². The van der Waals surface area contributed by atoms with E-state index in [0.29, 0.717) is 0 Å². The molecule has 5 aromatic carbocycles. The van der Waals surface area contributed by atoms with E-state index in [0.717, 1.165) is 0 Å². The number of hydrogen-bond donors (Lipinski definition) is 0. The summed E-state index contributed by atoms with van der Waals surface area (Å²) in [5, 5.41) is 5.13. The number of nitrogens with zero attached hydrogens (tertiary/aromatic N) is 2. The standard InChI is InChI=1S/C30H19IN2/c31-20-17-21(32-27-13-5-1-9-23(27)24-10-2-6-14-28(24)32)19-22(18-20)33-29-15-7-3-11-25(29)26-12-4-8-16-30(26)33/h1-19H. The summed E-state index contributed by atoms with van der Waals surface area (Å²) in [4.78, 5) is 0. The van der Waals surface area contributed by atoms with E-state index >= 15 is 0 Å². The Morgan fingerprint density at radius 3 is 1.03 bits per heavy atom. The first kappa shape index (κ1) is 18.9. The lowest BCUT2D eigenvalue weighted by Gasteiger charge is -2.14. The first-order chi connectivity index (χ1) is 16.3. The van der Waals surface area contributed by atoms with Gasteiger partial charge in [0.05, 0.1) is 22.1 Å². The molecule has 0 aliphatic carbocycles. The van der Waals surface area contributed by atoms with Gasteiger partial charge in [-0.25, -0.2) is 0 Å². The fourth-order valence-electron chi connectivity index (χ4n) is 5.22. The third-order valence-corrected chi connectivity index (χ3v) is 7.17. The van der Waals surface area contributed by atoms with Gasteiger partial charge in [-0.3, -0.25) is 0 Å². The highest BCUT2D eigenvalue weighted by atomic mass is 127. The second-order valence-electron chi connectivity index (χ2n) is 8.41. The zero-order chi connectivity index (χ0) is 21.9. The van der Waals surface area contributed by atoms with Crippen LogP contribution >= 0.6 is 22.6 Å². The topological polar surface area (TPSA) is 9.86 Å². The van der Waals surface area contributed by atoms with Crippen LogP contribution in [0.2, 0.25) is 0 Å². The van der Waals surface area contributed by atoms with Crippen LogP contribution < -0.4 is 0 Å². The molecule has 2 nitrogen and oxygen atoms in total. The Hall–Kier alpha value is -3.57. The molecule has 0 unspecified atom stereocenters. The summed E-state index contributed by atoms with van der Waals surface area (Å²) in [6.07, 6.45) is 0. The number of para-hydroxylation sites is 4. The lowest BCUT2D eigenvalue weighted by molar-refractivity contribution is 1.13. The largest absolute Gasteiger partial charge is 0.309 e. The monoisotopic (exact) mass is 534 g/mol. The second-order valence-corrected chi connectivity index (χ2v) is 9.65.